The van der Waals surface area contributed by atoms with Crippen molar-refractivity contribution in [2.45, 2.75) is 67.6 Å². The Kier molecular flexibility index (Phi) is 5.65. The van der Waals surface area contributed by atoms with Crippen molar-refractivity contribution in [1.82, 2.24) is 0 Å². The van der Waals surface area contributed by atoms with Gasteiger partial charge in [-0.15, -0.1) is 0 Å². The molecule has 1 atom stereocenters. The summed E-state index contributed by atoms with van der Waals surface area (Å²) >= 11 is -1.59. The molecule has 0 aromatic carbocycles. The second kappa shape index (κ2) is 6.20. The van der Waals surface area contributed by atoms with E-state index in [2.05, 4.69) is 55.8 Å². The Morgan fingerprint density at radius 1 is 1.33 bits per heavy atom. The molecule has 0 amide bonds. The van der Waals surface area contributed by atoms with E-state index in [1.807, 2.05) is 0 Å². The van der Waals surface area contributed by atoms with E-state index in [9.17, 15) is 0 Å². The normalized spacial score (nSPS) is 20.2. The zero-order chi connectivity index (χ0) is 14.0. The predicted molar refractivity (Wildman–Crippen MR) is 81.8 cm³/mol. The molecule has 0 aromatic rings. The Morgan fingerprint density at radius 3 is 2.39 bits per heavy atom. The van der Waals surface area contributed by atoms with Gasteiger partial charge in [0.2, 0.25) is 0 Å². The molecule has 1 unspecified atom stereocenters. The van der Waals surface area contributed by atoms with E-state index < -0.39 is 25.8 Å². The molecule has 0 spiro atoms. The monoisotopic (exact) mass is 449 g/mol. The molecule has 3 heteroatoms. The average Bonchev–Trinajstić information content (AvgIpc) is 2.65. The third kappa shape index (κ3) is 4.79. The summed E-state index contributed by atoms with van der Waals surface area (Å²) in [5.74, 6) is 0. The second-order valence-corrected chi connectivity index (χ2v) is 19.6. The minimum atomic E-state index is -1.59. The number of hydrogen-bond donors (Lipinski definition) is 0. The number of hydrogen-bond acceptors (Lipinski definition) is 1. The van der Waals surface area contributed by atoms with Crippen LogP contribution in [-0.4, -0.2) is 15.4 Å². The van der Waals surface area contributed by atoms with Gasteiger partial charge in [-0.3, -0.25) is 0 Å². The third-order valence-electron chi connectivity index (χ3n) is 3.10. The molecule has 1 rings (SSSR count). The van der Waals surface area contributed by atoms with Gasteiger partial charge in [0.05, 0.1) is 0 Å². The molecule has 110 valence electrons. The molecule has 0 N–H and O–H groups in total. The van der Waals surface area contributed by atoms with Crippen LogP contribution in [0.1, 0.15) is 40.5 Å². The van der Waals surface area contributed by atoms with Crippen molar-refractivity contribution < 1.29 is 20.5 Å². The molecule has 0 fully saturated rings. The van der Waals surface area contributed by atoms with Crippen molar-refractivity contribution in [3.8, 4) is 0 Å². The Balaban J connectivity index is 2.84. The summed E-state index contributed by atoms with van der Waals surface area (Å²) in [6.07, 6.45) is 7.23. The van der Waals surface area contributed by atoms with Crippen molar-refractivity contribution in [2.75, 3.05) is 0 Å². The van der Waals surface area contributed by atoms with Gasteiger partial charge in [-0.2, -0.15) is 0 Å². The zero-order valence-corrected chi connectivity index (χ0v) is 16.8. The van der Waals surface area contributed by atoms with Gasteiger partial charge in [0.25, 0.3) is 0 Å². The van der Waals surface area contributed by atoms with E-state index in [-0.39, 0.29) is 5.60 Å². The molecule has 1 nitrogen and oxygen atoms in total. The molecule has 0 aliphatic heterocycles. The molecule has 0 heterocycles. The topological polar surface area (TPSA) is 9.23 Å². The molecular formula is C15H30OPtSi. The van der Waals surface area contributed by atoms with Crippen LogP contribution in [0.4, 0.5) is 0 Å². The summed E-state index contributed by atoms with van der Waals surface area (Å²) in [5, 5.41) is 7.52. The Morgan fingerprint density at radius 2 is 1.94 bits per heavy atom. The van der Waals surface area contributed by atoms with Gasteiger partial charge in [0.15, 0.2) is 0 Å². The zero-order valence-electron chi connectivity index (χ0n) is 13.1. The van der Waals surface area contributed by atoms with E-state index in [0.717, 1.165) is 5.54 Å². The summed E-state index contributed by atoms with van der Waals surface area (Å²) in [6, 6.07) is 0. The second-order valence-electron chi connectivity index (χ2n) is 6.38. The fraction of sp³-hybridized carbons (Fsp3) is 0.733. The van der Waals surface area contributed by atoms with Gasteiger partial charge in [0, 0.05) is 0 Å². The van der Waals surface area contributed by atoms with Crippen molar-refractivity contribution in [1.29, 1.82) is 0 Å². The SMILES string of the molecule is CCC([SiH2]OC(C)(C)C)C1=[C]([Pt]([CH3])([CH3])[CH3])CC=C1. The van der Waals surface area contributed by atoms with E-state index >= 15 is 0 Å². The Labute approximate surface area is 119 Å². The van der Waals surface area contributed by atoms with E-state index in [1.165, 1.54) is 12.8 Å². The molecule has 0 bridgehead atoms. The Bertz CT molecular complexity index is 344. The summed E-state index contributed by atoms with van der Waals surface area (Å²) < 4.78 is 7.95. The van der Waals surface area contributed by atoms with Crippen molar-refractivity contribution >= 4 is 9.76 Å². The fourth-order valence-electron chi connectivity index (χ4n) is 2.08. The van der Waals surface area contributed by atoms with Crippen molar-refractivity contribution in [2.24, 2.45) is 0 Å². The molecule has 0 radical (unpaired) electrons. The van der Waals surface area contributed by atoms with E-state index in [1.54, 1.807) is 9.54 Å². The van der Waals surface area contributed by atoms with Gasteiger partial charge in [-0.1, -0.05) is 0 Å². The van der Waals surface area contributed by atoms with Crippen LogP contribution < -0.4 is 0 Å². The number of rotatable bonds is 5. The summed E-state index contributed by atoms with van der Waals surface area (Å²) in [5.41, 5.74) is 2.42. The van der Waals surface area contributed by atoms with Crippen LogP contribution in [0.2, 0.25) is 21.5 Å². The van der Waals surface area contributed by atoms with Gasteiger partial charge in [-0.05, 0) is 0 Å². The first-order chi connectivity index (χ1) is 8.15. The van der Waals surface area contributed by atoms with Crippen LogP contribution in [0.15, 0.2) is 21.7 Å². The van der Waals surface area contributed by atoms with Crippen LogP contribution in [-0.2, 0) is 20.5 Å². The van der Waals surface area contributed by atoms with Crippen LogP contribution in [0.25, 0.3) is 0 Å². The van der Waals surface area contributed by atoms with Crippen molar-refractivity contribution in [3.63, 3.8) is 0 Å². The summed E-state index contributed by atoms with van der Waals surface area (Å²) in [6.45, 7) is 8.84. The predicted octanol–water partition coefficient (Wildman–Crippen LogP) is 4.60. The summed E-state index contributed by atoms with van der Waals surface area (Å²) in [4.78, 5) is 0. The Hall–Kier alpha value is 0.345. The van der Waals surface area contributed by atoms with E-state index in [0.29, 0.717) is 0 Å². The fourth-order valence-corrected chi connectivity index (χ4v) is 8.28. The molecule has 18 heavy (non-hydrogen) atoms. The number of allylic oxidation sites excluding steroid dienone is 4. The van der Waals surface area contributed by atoms with Crippen LogP contribution >= 0.6 is 0 Å². The quantitative estimate of drug-likeness (QED) is 0.558. The molecule has 0 aromatic heterocycles. The third-order valence-corrected chi connectivity index (χ3v) is 10.8. The minimum absolute atomic E-state index is 0.0330. The average molecular weight is 450 g/mol. The van der Waals surface area contributed by atoms with Gasteiger partial charge in [-0.25, -0.2) is 0 Å². The molecular weight excluding hydrogens is 419 g/mol. The summed E-state index contributed by atoms with van der Waals surface area (Å²) in [7, 11) is -0.478. The standard InChI is InChI=1S/C12H21OSi.3CH3.Pt/c1-5-11(10-8-6-7-9-10)14-13-12(2,3)4;;;;/h6,8,11H,5,7,14H2,1-4H3;3*1H3;. The molecule has 1 aliphatic rings. The maximum absolute atomic E-state index is 6.15. The van der Waals surface area contributed by atoms with Crippen LogP contribution in [0.5, 0.6) is 0 Å². The molecule has 1 aliphatic carbocycles. The maximum atomic E-state index is 6.15. The van der Waals surface area contributed by atoms with Gasteiger partial charge in [0.1, 0.15) is 0 Å². The van der Waals surface area contributed by atoms with Gasteiger partial charge < -0.3 is 0 Å². The van der Waals surface area contributed by atoms with Gasteiger partial charge >= 0.3 is 120 Å². The first kappa shape index (κ1) is 16.4. The first-order valence-electron chi connectivity index (χ1n) is 6.55. The first-order valence-corrected chi connectivity index (χ1v) is 15.9. The van der Waals surface area contributed by atoms with Crippen LogP contribution in [0, 0.1) is 0 Å². The molecule has 0 saturated carbocycles. The van der Waals surface area contributed by atoms with E-state index in [4.69, 9.17) is 4.43 Å². The van der Waals surface area contributed by atoms with Crippen molar-refractivity contribution in [3.05, 3.63) is 21.7 Å². The molecule has 0 saturated heterocycles. The van der Waals surface area contributed by atoms with Crippen LogP contribution in [0.3, 0.4) is 0 Å².